The van der Waals surface area contributed by atoms with E-state index in [0.29, 0.717) is 0 Å². The summed E-state index contributed by atoms with van der Waals surface area (Å²) in [7, 11) is 0. The number of para-hydroxylation sites is 1. The van der Waals surface area contributed by atoms with Crippen LogP contribution in [0.3, 0.4) is 0 Å². The molecule has 6 aromatic rings. The minimum absolute atomic E-state index is 0.875. The molecule has 0 radical (unpaired) electrons. The average molecular weight is 371 g/mol. The normalized spacial score (nSPS) is 11.4. The van der Waals surface area contributed by atoms with Gasteiger partial charge in [0.1, 0.15) is 0 Å². The lowest BCUT2D eigenvalue weighted by Gasteiger charge is -2.10. The highest BCUT2D eigenvalue weighted by Gasteiger charge is 2.14. The molecule has 0 aliphatic heterocycles. The van der Waals surface area contributed by atoms with Crippen LogP contribution in [0.5, 0.6) is 0 Å². The molecule has 136 valence electrons. The van der Waals surface area contributed by atoms with Crippen LogP contribution in [0.15, 0.2) is 103 Å². The van der Waals surface area contributed by atoms with Crippen LogP contribution < -0.4 is 0 Å². The highest BCUT2D eigenvalue weighted by atomic mass is 15.0. The molecule has 0 bridgehead atoms. The molecular weight excluding hydrogens is 354 g/mol. The zero-order valence-corrected chi connectivity index (χ0v) is 15.7. The van der Waals surface area contributed by atoms with E-state index in [9.17, 15) is 0 Å². The van der Waals surface area contributed by atoms with Crippen LogP contribution in [-0.4, -0.2) is 14.5 Å². The van der Waals surface area contributed by atoms with Crippen molar-refractivity contribution in [2.45, 2.75) is 0 Å². The molecule has 0 saturated carbocycles. The molecule has 29 heavy (non-hydrogen) atoms. The summed E-state index contributed by atoms with van der Waals surface area (Å²) < 4.78 is 2.32. The van der Waals surface area contributed by atoms with Crippen molar-refractivity contribution in [3.05, 3.63) is 103 Å². The summed E-state index contributed by atoms with van der Waals surface area (Å²) in [5, 5.41) is 4.99. The zero-order valence-electron chi connectivity index (χ0n) is 15.7. The van der Waals surface area contributed by atoms with Crippen LogP contribution in [0.25, 0.3) is 49.7 Å². The first kappa shape index (κ1) is 16.0. The molecule has 0 fully saturated rings. The number of hydrogen-bond donors (Lipinski definition) is 0. The Kier molecular flexibility index (Phi) is 3.47. The Bertz CT molecular complexity index is 1480. The van der Waals surface area contributed by atoms with E-state index in [0.717, 1.165) is 17.1 Å². The smallest absolute Gasteiger partial charge is 0.0887 e. The quantitative estimate of drug-likeness (QED) is 0.353. The number of fused-ring (bicyclic) bond motifs is 5. The summed E-state index contributed by atoms with van der Waals surface area (Å²) in [6.45, 7) is 0. The second-order valence-electron chi connectivity index (χ2n) is 7.15. The Morgan fingerprint density at radius 1 is 0.552 bits per heavy atom. The fourth-order valence-electron chi connectivity index (χ4n) is 4.18. The fourth-order valence-corrected chi connectivity index (χ4v) is 4.18. The Labute approximate surface area is 167 Å². The number of pyridine rings is 2. The van der Waals surface area contributed by atoms with E-state index in [1.807, 2.05) is 30.5 Å². The van der Waals surface area contributed by atoms with E-state index in [1.165, 1.54) is 32.6 Å². The summed E-state index contributed by atoms with van der Waals surface area (Å²) in [6, 6.07) is 31.6. The van der Waals surface area contributed by atoms with Crippen molar-refractivity contribution in [3.63, 3.8) is 0 Å². The third-order valence-electron chi connectivity index (χ3n) is 5.49. The molecule has 0 amide bonds. The SMILES string of the molecule is c1ccc(-c2ccc(-n3c4ccccc4c4ccc5ccccc5c43)cn2)nc1. The molecule has 0 atom stereocenters. The molecule has 0 saturated heterocycles. The number of hydrogen-bond acceptors (Lipinski definition) is 2. The maximum Gasteiger partial charge on any atom is 0.0887 e. The minimum atomic E-state index is 0.875. The molecule has 3 aromatic carbocycles. The summed E-state index contributed by atoms with van der Waals surface area (Å²) in [5.74, 6) is 0. The molecule has 0 N–H and O–H groups in total. The topological polar surface area (TPSA) is 30.7 Å². The zero-order chi connectivity index (χ0) is 19.2. The van der Waals surface area contributed by atoms with Gasteiger partial charge in [-0.05, 0) is 35.7 Å². The van der Waals surface area contributed by atoms with Gasteiger partial charge in [0.2, 0.25) is 0 Å². The summed E-state index contributed by atoms with van der Waals surface area (Å²) >= 11 is 0. The van der Waals surface area contributed by atoms with E-state index in [1.54, 1.807) is 6.20 Å². The summed E-state index contributed by atoms with van der Waals surface area (Å²) in [6.07, 6.45) is 3.74. The largest absolute Gasteiger partial charge is 0.307 e. The van der Waals surface area contributed by atoms with Crippen LogP contribution in [0, 0.1) is 0 Å². The Hall–Kier alpha value is -3.98. The number of nitrogens with zero attached hydrogens (tertiary/aromatic N) is 3. The van der Waals surface area contributed by atoms with E-state index in [4.69, 9.17) is 4.98 Å². The predicted molar refractivity (Wildman–Crippen MR) is 119 cm³/mol. The van der Waals surface area contributed by atoms with Crippen molar-refractivity contribution >= 4 is 32.6 Å². The number of rotatable bonds is 2. The summed E-state index contributed by atoms with van der Waals surface area (Å²) in [5.41, 5.74) is 5.21. The monoisotopic (exact) mass is 371 g/mol. The maximum atomic E-state index is 4.72. The Balaban J connectivity index is 1.67. The van der Waals surface area contributed by atoms with Gasteiger partial charge in [-0.25, -0.2) is 0 Å². The molecule has 3 heterocycles. The van der Waals surface area contributed by atoms with E-state index in [-0.39, 0.29) is 0 Å². The van der Waals surface area contributed by atoms with E-state index >= 15 is 0 Å². The van der Waals surface area contributed by atoms with Gasteiger partial charge in [0.15, 0.2) is 0 Å². The van der Waals surface area contributed by atoms with Crippen LogP contribution in [0.4, 0.5) is 0 Å². The highest BCUT2D eigenvalue weighted by molar-refractivity contribution is 6.18. The third-order valence-corrected chi connectivity index (χ3v) is 5.49. The fraction of sp³-hybridized carbons (Fsp3) is 0. The van der Waals surface area contributed by atoms with Crippen LogP contribution in [0.2, 0.25) is 0 Å². The third kappa shape index (κ3) is 2.44. The Morgan fingerprint density at radius 3 is 2.17 bits per heavy atom. The highest BCUT2D eigenvalue weighted by Crippen LogP contribution is 2.36. The molecule has 3 heteroatoms. The van der Waals surface area contributed by atoms with E-state index < -0.39 is 0 Å². The number of benzene rings is 3. The lowest BCUT2D eigenvalue weighted by molar-refractivity contribution is 1.14. The Morgan fingerprint density at radius 2 is 1.34 bits per heavy atom. The van der Waals surface area contributed by atoms with Gasteiger partial charge in [-0.3, -0.25) is 9.97 Å². The van der Waals surface area contributed by atoms with Crippen LogP contribution in [-0.2, 0) is 0 Å². The van der Waals surface area contributed by atoms with Crippen LogP contribution in [0.1, 0.15) is 0 Å². The molecule has 0 aliphatic carbocycles. The van der Waals surface area contributed by atoms with Gasteiger partial charge in [-0.15, -0.1) is 0 Å². The van der Waals surface area contributed by atoms with Gasteiger partial charge < -0.3 is 4.57 Å². The minimum Gasteiger partial charge on any atom is -0.307 e. The molecular formula is C26H17N3. The predicted octanol–water partition coefficient (Wildman–Crippen LogP) is 6.39. The van der Waals surface area contributed by atoms with Gasteiger partial charge in [0.25, 0.3) is 0 Å². The van der Waals surface area contributed by atoms with E-state index in [2.05, 4.69) is 76.3 Å². The molecule has 6 rings (SSSR count). The molecule has 3 nitrogen and oxygen atoms in total. The lowest BCUT2D eigenvalue weighted by Crippen LogP contribution is -1.96. The van der Waals surface area contributed by atoms with Gasteiger partial charge in [0.05, 0.1) is 34.3 Å². The van der Waals surface area contributed by atoms with Crippen molar-refractivity contribution in [2.75, 3.05) is 0 Å². The second-order valence-corrected chi connectivity index (χ2v) is 7.15. The van der Waals surface area contributed by atoms with Crippen molar-refractivity contribution in [3.8, 4) is 17.1 Å². The van der Waals surface area contributed by atoms with Gasteiger partial charge in [0, 0.05) is 22.4 Å². The number of aromatic nitrogens is 3. The maximum absolute atomic E-state index is 4.72. The first-order valence-corrected chi connectivity index (χ1v) is 9.69. The molecule has 0 unspecified atom stereocenters. The van der Waals surface area contributed by atoms with Gasteiger partial charge >= 0.3 is 0 Å². The van der Waals surface area contributed by atoms with Gasteiger partial charge in [-0.2, -0.15) is 0 Å². The van der Waals surface area contributed by atoms with Crippen LogP contribution >= 0.6 is 0 Å². The molecule has 0 spiro atoms. The van der Waals surface area contributed by atoms with Crippen molar-refractivity contribution < 1.29 is 0 Å². The molecule has 3 aromatic heterocycles. The lowest BCUT2D eigenvalue weighted by atomic mass is 10.1. The first-order chi connectivity index (χ1) is 14.4. The van der Waals surface area contributed by atoms with Crippen molar-refractivity contribution in [2.24, 2.45) is 0 Å². The van der Waals surface area contributed by atoms with Crippen molar-refractivity contribution in [1.82, 2.24) is 14.5 Å². The standard InChI is InChI=1S/C26H17N3/c1-2-8-20-18(7-1)12-14-22-21-9-3-4-11-25(21)29(26(20)22)19-13-15-24(28-17-19)23-10-5-6-16-27-23/h1-17H. The first-order valence-electron chi connectivity index (χ1n) is 9.69. The molecule has 0 aliphatic rings. The summed E-state index contributed by atoms with van der Waals surface area (Å²) in [4.78, 5) is 9.13. The second kappa shape index (κ2) is 6.28. The van der Waals surface area contributed by atoms with Gasteiger partial charge in [-0.1, -0.05) is 60.7 Å². The average Bonchev–Trinajstić information content (AvgIpc) is 3.15. The van der Waals surface area contributed by atoms with Crippen molar-refractivity contribution in [1.29, 1.82) is 0 Å².